The average Bonchev–Trinajstić information content (AvgIpc) is 3.84. The molecule has 4 aromatic rings. The molecule has 0 bridgehead atoms. The van der Waals surface area contributed by atoms with Crippen molar-refractivity contribution in [2.75, 3.05) is 24.1 Å². The van der Waals surface area contributed by atoms with E-state index in [4.69, 9.17) is 29.0 Å². The lowest BCUT2D eigenvalue weighted by atomic mass is 9.91. The molecule has 43 heteroatoms. The van der Waals surface area contributed by atoms with Crippen LogP contribution < -0.4 is 22.1 Å². The van der Waals surface area contributed by atoms with Gasteiger partial charge >= 0.3 is 52.6 Å². The van der Waals surface area contributed by atoms with E-state index in [1.807, 2.05) is 0 Å². The number of H-pyrrole nitrogens is 1. The van der Waals surface area contributed by atoms with Crippen LogP contribution in [-0.4, -0.2) is 145 Å². The van der Waals surface area contributed by atoms with Crippen molar-refractivity contribution in [3.63, 3.8) is 0 Å². The third-order valence-corrected chi connectivity index (χ3v) is 17.7. The maximum atomic E-state index is 12.0. The summed E-state index contributed by atoms with van der Waals surface area (Å²) in [6.07, 6.45) is -6.68. The van der Waals surface area contributed by atoms with Gasteiger partial charge < -0.3 is 74.0 Å². The zero-order chi connectivity index (χ0) is 52.7. The summed E-state index contributed by atoms with van der Waals surface area (Å²) in [4.78, 5) is 114. The summed E-state index contributed by atoms with van der Waals surface area (Å²) in [6.45, 7) is 0.436. The van der Waals surface area contributed by atoms with Crippen LogP contribution in [0.5, 0.6) is 0 Å². The monoisotopic (exact) mass is 1130 g/mol. The summed E-state index contributed by atoms with van der Waals surface area (Å²) in [5.74, 6) is 0.142. The number of aliphatic imine (C=N–C) groups is 2. The van der Waals surface area contributed by atoms with Gasteiger partial charge in [0.1, 0.15) is 71.5 Å². The van der Waals surface area contributed by atoms with Gasteiger partial charge in [0, 0.05) is 11.5 Å². The molecular formula is C28H37N9O28P6. The lowest BCUT2D eigenvalue weighted by Crippen LogP contribution is -2.43. The van der Waals surface area contributed by atoms with E-state index in [-0.39, 0.29) is 28.5 Å². The highest BCUT2D eigenvalue weighted by molar-refractivity contribution is 7.67. The van der Waals surface area contributed by atoms with Gasteiger partial charge in [0.25, 0.3) is 5.56 Å². The van der Waals surface area contributed by atoms with Crippen molar-refractivity contribution >= 4 is 93.2 Å². The molecular weight excluding hydrogens is 1100 g/mol. The molecule has 8 heterocycles. The first-order valence-electron chi connectivity index (χ1n) is 19.0. The molecule has 0 spiro atoms. The number of phosphoric ester groups is 2. The van der Waals surface area contributed by atoms with Gasteiger partial charge in [-0.25, -0.2) is 42.2 Å². The molecule has 2 fully saturated rings. The Bertz CT molecular complexity index is 3260. The van der Waals surface area contributed by atoms with Crippen molar-refractivity contribution in [2.45, 2.75) is 61.7 Å². The number of aromatic nitrogens is 5. The highest BCUT2D eigenvalue weighted by Gasteiger charge is 2.56. The van der Waals surface area contributed by atoms with Crippen LogP contribution in [0.15, 0.2) is 43.8 Å². The molecule has 4 unspecified atom stereocenters. The van der Waals surface area contributed by atoms with E-state index in [0.717, 1.165) is 0 Å². The Morgan fingerprint density at radius 3 is 1.54 bits per heavy atom. The summed E-state index contributed by atoms with van der Waals surface area (Å²) < 4.78 is 106. The van der Waals surface area contributed by atoms with Gasteiger partial charge in [-0.3, -0.25) is 34.0 Å². The number of aromatic amines is 1. The number of nitrogens with one attached hydrogen (secondary N) is 3. The normalized spacial score (nSPS) is 29.3. The molecule has 8 rings (SSSR count). The van der Waals surface area contributed by atoms with Crippen molar-refractivity contribution in [2.24, 2.45) is 9.98 Å². The predicted octanol–water partition coefficient (Wildman–Crippen LogP) is -1.65. The molecule has 0 aliphatic carbocycles. The number of aliphatic hydroxyl groups is 4. The van der Waals surface area contributed by atoms with Crippen LogP contribution in [0.25, 0.3) is 21.9 Å². The summed E-state index contributed by atoms with van der Waals surface area (Å²) in [5, 5.41) is 43.6. The van der Waals surface area contributed by atoms with E-state index in [0.29, 0.717) is 16.4 Å². The van der Waals surface area contributed by atoms with Crippen molar-refractivity contribution in [1.82, 2.24) is 24.3 Å². The van der Waals surface area contributed by atoms with Gasteiger partial charge in [0.2, 0.25) is 0 Å². The second-order valence-electron chi connectivity index (χ2n) is 15.3. The van der Waals surface area contributed by atoms with Crippen molar-refractivity contribution in [3.05, 3.63) is 56.5 Å². The number of nitrogens with zero attached hydrogens (tertiary/aromatic N) is 6. The van der Waals surface area contributed by atoms with E-state index in [2.05, 4.69) is 62.1 Å². The maximum absolute atomic E-state index is 12.0. The molecule has 0 aromatic carbocycles. The van der Waals surface area contributed by atoms with Crippen LogP contribution in [0.4, 0.5) is 11.6 Å². The lowest BCUT2D eigenvalue weighted by Gasteiger charge is -2.27. The summed E-state index contributed by atoms with van der Waals surface area (Å²) in [6, 6.07) is 5.61. The molecule has 12 atom stereocenters. The van der Waals surface area contributed by atoms with Crippen LogP contribution in [0, 0.1) is 0 Å². The van der Waals surface area contributed by atoms with Crippen LogP contribution in [-0.2, 0) is 63.2 Å². The zero-order valence-corrected chi connectivity index (χ0v) is 40.5. The first-order valence-corrected chi connectivity index (χ1v) is 28.0. The summed E-state index contributed by atoms with van der Waals surface area (Å²) in [5.41, 5.74) is 1.63. The second kappa shape index (κ2) is 19.2. The van der Waals surface area contributed by atoms with E-state index in [1.165, 1.54) is 60.1 Å². The molecule has 4 aliphatic heterocycles. The molecule has 0 saturated carbocycles. The number of aliphatic hydroxyl groups excluding tert-OH is 2. The Morgan fingerprint density at radius 2 is 1.07 bits per heavy atom. The third kappa shape index (κ3) is 12.3. The molecule has 0 radical (unpaired) electrons. The van der Waals surface area contributed by atoms with Gasteiger partial charge in [-0.15, -0.1) is 0 Å². The Kier molecular flexibility index (Phi) is 14.9. The number of hydrogen-bond donors (Lipinski definition) is 15. The average molecular weight is 1130 g/mol. The molecule has 15 N–H and O–H groups in total. The number of phosphoric acid groups is 6. The van der Waals surface area contributed by atoms with Crippen molar-refractivity contribution < 1.29 is 123 Å². The lowest BCUT2D eigenvalue weighted by molar-refractivity contribution is -0.0665. The molecule has 71 heavy (non-hydrogen) atoms. The fraction of sp³-hybridized carbons (Fsp3) is 0.429. The molecule has 4 aliphatic rings. The largest absolute Gasteiger partial charge is 0.490 e. The smallest absolute Gasteiger partial charge is 0.387 e. The molecule has 4 aromatic heterocycles. The standard InChI is InChI=1S/C15H19N4O14P3.C13H18N5O14P3/c1-15(22)12(21)9(5-30-35(26,27)33-36(28,29)32-34(23,24)25)31-13(15)8-4-7-2-3-10(20)18-14-11(7)19(8)17-6-16-14;1-13(21)9(19)7(3-29-34(25,26)32-35(27,28)31-33(22,23)24)30-10(13)6-2-5-8-11(17-12(20)16-5)14-4-15-18(6)8/h2-4,6,9,12-13,21-22H,5H2,1H3,(H,26,27)(H,28,29)(H2,23,24,25)(H,16,17,18,20);2,4,7,9-10,19,21H,3H2,1H3,(H,25,26)(H,27,28)(H2,22,23,24)(H2,14,15,16,17,20)/t9-,12-,13+,15-;7-,9-,10+,13-/m11/s1. The van der Waals surface area contributed by atoms with Gasteiger partial charge in [0.15, 0.2) is 11.6 Å². The van der Waals surface area contributed by atoms with E-state index in [9.17, 15) is 77.0 Å². The minimum Gasteiger partial charge on any atom is -0.387 e. The Labute approximate surface area is 391 Å². The minimum absolute atomic E-state index is 0.0659. The van der Waals surface area contributed by atoms with Gasteiger partial charge in [-0.1, -0.05) is 0 Å². The van der Waals surface area contributed by atoms with Crippen molar-refractivity contribution in [1.29, 1.82) is 0 Å². The van der Waals surface area contributed by atoms with E-state index in [1.54, 1.807) is 0 Å². The second-order valence-corrected chi connectivity index (χ2v) is 24.2. The van der Waals surface area contributed by atoms with E-state index < -0.39 is 119 Å². The zero-order valence-electron chi connectivity index (χ0n) is 35.1. The van der Waals surface area contributed by atoms with Crippen LogP contribution in [0.3, 0.4) is 0 Å². The molecule has 392 valence electrons. The predicted molar refractivity (Wildman–Crippen MR) is 230 cm³/mol. The summed E-state index contributed by atoms with van der Waals surface area (Å²) in [7, 11) is -33.6. The Hall–Kier alpha value is -3.70. The topological polar surface area (TPSA) is 553 Å². The van der Waals surface area contributed by atoms with Crippen LogP contribution in [0.1, 0.15) is 37.4 Å². The number of hydrogen-bond acceptors (Lipinski definition) is 26. The fourth-order valence-electron chi connectivity index (χ4n) is 7.32. The fourth-order valence-corrected chi connectivity index (χ4v) is 13.4. The van der Waals surface area contributed by atoms with Gasteiger partial charge in [-0.2, -0.15) is 27.2 Å². The third-order valence-electron chi connectivity index (χ3n) is 10.1. The highest BCUT2D eigenvalue weighted by atomic mass is 31.3. The quantitative estimate of drug-likeness (QED) is 0.0559. The van der Waals surface area contributed by atoms with Crippen LogP contribution >= 0.6 is 46.9 Å². The highest BCUT2D eigenvalue weighted by Crippen LogP contribution is 2.67. The molecule has 2 saturated heterocycles. The minimum atomic E-state index is -5.74. The molecule has 37 nitrogen and oxygen atoms in total. The Morgan fingerprint density at radius 1 is 0.634 bits per heavy atom. The SMILES string of the molecule is C[C@@]1(O)[C@H](O)[C@@H](COP(=O)(O)OP(=O)(O)OP(=O)(O)O)O[C@H]1c1cc2[nH]c(=O)nc3c2n1NC=N3.C[C@@]1(O)[C@H](O)[C@@H](COP(=O)(O)OP(=O)(O)OP(=O)(O)O)O[C@H]1c1cc2ccc(=O)nc3c2n1NC=N3. The van der Waals surface area contributed by atoms with E-state index >= 15 is 0 Å². The van der Waals surface area contributed by atoms with Crippen LogP contribution in [0.2, 0.25) is 0 Å². The Balaban J connectivity index is 0.000000209. The first-order chi connectivity index (χ1) is 32.5. The first kappa shape index (κ1) is 55.1. The molecule has 0 amide bonds. The summed E-state index contributed by atoms with van der Waals surface area (Å²) >= 11 is 0. The van der Waals surface area contributed by atoms with Gasteiger partial charge in [0.05, 0.1) is 30.1 Å². The number of ether oxygens (including phenoxy) is 2. The number of rotatable bonds is 16. The van der Waals surface area contributed by atoms with Crippen molar-refractivity contribution in [3.8, 4) is 0 Å². The maximum Gasteiger partial charge on any atom is 0.490 e. The van der Waals surface area contributed by atoms with Gasteiger partial charge in [-0.05, 0) is 32.0 Å².